The molecule has 0 fully saturated rings. The molecule has 0 saturated heterocycles. The maximum Gasteiger partial charge on any atom is 0.254 e. The van der Waals surface area contributed by atoms with Gasteiger partial charge in [-0.15, -0.1) is 0 Å². The smallest absolute Gasteiger partial charge is 0.254 e. The molecule has 0 bridgehead atoms. The standard InChI is InChI=1S/C15H16N2O2S/c1-3-12-9-14(19)17(2)15(16-12)20-10-13(18)11-7-5-4-6-8-11/h4-9H,3,10H2,1-2H3. The Labute approximate surface area is 121 Å². The molecule has 0 radical (unpaired) electrons. The van der Waals surface area contributed by atoms with Crippen molar-refractivity contribution in [2.45, 2.75) is 18.5 Å². The average molecular weight is 288 g/mol. The summed E-state index contributed by atoms with van der Waals surface area (Å²) < 4.78 is 1.47. The van der Waals surface area contributed by atoms with Gasteiger partial charge < -0.3 is 0 Å². The molecule has 0 N–H and O–H groups in total. The van der Waals surface area contributed by atoms with Crippen LogP contribution in [0.1, 0.15) is 23.0 Å². The topological polar surface area (TPSA) is 52.0 Å². The van der Waals surface area contributed by atoms with Crippen LogP contribution in [0.3, 0.4) is 0 Å². The van der Waals surface area contributed by atoms with Crippen molar-refractivity contribution >= 4 is 17.5 Å². The molecule has 5 heteroatoms. The van der Waals surface area contributed by atoms with Crippen LogP contribution in [0.4, 0.5) is 0 Å². The van der Waals surface area contributed by atoms with Gasteiger partial charge in [0.2, 0.25) is 0 Å². The van der Waals surface area contributed by atoms with Crippen LogP contribution in [0, 0.1) is 0 Å². The number of nitrogens with zero attached hydrogens (tertiary/aromatic N) is 2. The van der Waals surface area contributed by atoms with Gasteiger partial charge in [0.15, 0.2) is 10.9 Å². The third kappa shape index (κ3) is 3.36. The highest BCUT2D eigenvalue weighted by atomic mass is 32.2. The quantitative estimate of drug-likeness (QED) is 0.481. The molecular weight excluding hydrogens is 272 g/mol. The molecule has 2 aromatic rings. The van der Waals surface area contributed by atoms with Gasteiger partial charge in [-0.2, -0.15) is 0 Å². The highest BCUT2D eigenvalue weighted by Gasteiger charge is 2.10. The third-order valence-electron chi connectivity index (χ3n) is 2.94. The predicted molar refractivity (Wildman–Crippen MR) is 80.4 cm³/mol. The van der Waals surface area contributed by atoms with E-state index in [9.17, 15) is 9.59 Å². The molecule has 1 aromatic carbocycles. The lowest BCUT2D eigenvalue weighted by Crippen LogP contribution is -2.20. The summed E-state index contributed by atoms with van der Waals surface area (Å²) in [5, 5.41) is 0.582. The summed E-state index contributed by atoms with van der Waals surface area (Å²) >= 11 is 1.30. The van der Waals surface area contributed by atoms with Crippen LogP contribution in [0.25, 0.3) is 0 Å². The Morgan fingerprint density at radius 3 is 2.65 bits per heavy atom. The minimum absolute atomic E-state index is 0.0340. The highest BCUT2D eigenvalue weighted by molar-refractivity contribution is 7.99. The zero-order valence-corrected chi connectivity index (χ0v) is 12.3. The van der Waals surface area contributed by atoms with Crippen LogP contribution in [0.5, 0.6) is 0 Å². The number of hydrogen-bond donors (Lipinski definition) is 0. The lowest BCUT2D eigenvalue weighted by Gasteiger charge is -2.07. The number of benzene rings is 1. The molecule has 4 nitrogen and oxygen atoms in total. The molecule has 0 atom stereocenters. The molecule has 0 aliphatic carbocycles. The van der Waals surface area contributed by atoms with Crippen LogP contribution in [0.15, 0.2) is 46.3 Å². The van der Waals surface area contributed by atoms with Crippen molar-refractivity contribution in [1.29, 1.82) is 0 Å². The average Bonchev–Trinajstić information content (AvgIpc) is 2.49. The van der Waals surface area contributed by atoms with Crippen molar-refractivity contribution < 1.29 is 4.79 Å². The molecule has 2 rings (SSSR count). The lowest BCUT2D eigenvalue weighted by atomic mass is 10.2. The van der Waals surface area contributed by atoms with E-state index in [-0.39, 0.29) is 17.1 Å². The zero-order chi connectivity index (χ0) is 14.5. The van der Waals surface area contributed by atoms with Crippen molar-refractivity contribution in [3.05, 3.63) is 58.0 Å². The van der Waals surface area contributed by atoms with Gasteiger partial charge in [0.25, 0.3) is 5.56 Å². The summed E-state index contributed by atoms with van der Waals surface area (Å²) in [6, 6.07) is 10.7. The summed E-state index contributed by atoms with van der Waals surface area (Å²) in [7, 11) is 1.67. The number of Topliss-reactive ketones (excluding diaryl/α,β-unsaturated/α-hetero) is 1. The van der Waals surface area contributed by atoms with Gasteiger partial charge in [0.1, 0.15) is 0 Å². The molecule has 0 spiro atoms. The van der Waals surface area contributed by atoms with Gasteiger partial charge in [0.05, 0.1) is 5.75 Å². The molecule has 20 heavy (non-hydrogen) atoms. The van der Waals surface area contributed by atoms with Crippen molar-refractivity contribution in [3.8, 4) is 0 Å². The van der Waals surface area contributed by atoms with Gasteiger partial charge >= 0.3 is 0 Å². The van der Waals surface area contributed by atoms with Crippen LogP contribution < -0.4 is 5.56 Å². The summed E-state index contributed by atoms with van der Waals surface area (Å²) in [6.45, 7) is 1.95. The summed E-state index contributed by atoms with van der Waals surface area (Å²) in [5.74, 6) is 0.309. The summed E-state index contributed by atoms with van der Waals surface area (Å²) in [4.78, 5) is 28.2. The van der Waals surface area contributed by atoms with E-state index in [1.54, 1.807) is 19.2 Å². The summed E-state index contributed by atoms with van der Waals surface area (Å²) in [6.07, 6.45) is 0.705. The second kappa shape index (κ2) is 6.52. The fraction of sp³-hybridized carbons (Fsp3) is 0.267. The normalized spacial score (nSPS) is 10.5. The maximum absolute atomic E-state index is 12.0. The van der Waals surface area contributed by atoms with E-state index >= 15 is 0 Å². The fourth-order valence-corrected chi connectivity index (χ4v) is 2.60. The fourth-order valence-electron chi connectivity index (χ4n) is 1.71. The van der Waals surface area contributed by atoms with Crippen LogP contribution in [-0.2, 0) is 13.5 Å². The van der Waals surface area contributed by atoms with Crippen molar-refractivity contribution in [3.63, 3.8) is 0 Å². The molecule has 0 amide bonds. The van der Waals surface area contributed by atoms with Crippen molar-refractivity contribution in [2.24, 2.45) is 7.05 Å². The van der Waals surface area contributed by atoms with E-state index in [1.165, 1.54) is 22.4 Å². The Hall–Kier alpha value is -1.88. The Kier molecular flexibility index (Phi) is 4.74. The van der Waals surface area contributed by atoms with Gasteiger partial charge in [-0.05, 0) is 6.42 Å². The van der Waals surface area contributed by atoms with E-state index in [0.29, 0.717) is 17.1 Å². The predicted octanol–water partition coefficient (Wildman–Crippen LogP) is 2.32. The second-order valence-electron chi connectivity index (χ2n) is 4.36. The number of carbonyl (C=O) groups is 1. The van der Waals surface area contributed by atoms with Crippen molar-refractivity contribution in [2.75, 3.05) is 5.75 Å². The number of carbonyl (C=O) groups excluding carboxylic acids is 1. The van der Waals surface area contributed by atoms with Gasteiger partial charge in [0, 0.05) is 24.4 Å². The van der Waals surface area contributed by atoms with E-state index in [2.05, 4.69) is 4.98 Å². The Bertz CT molecular complexity index is 665. The molecule has 0 unspecified atom stereocenters. The zero-order valence-electron chi connectivity index (χ0n) is 11.5. The van der Waals surface area contributed by atoms with E-state index in [4.69, 9.17) is 0 Å². The lowest BCUT2D eigenvalue weighted by molar-refractivity contribution is 0.102. The number of hydrogen-bond acceptors (Lipinski definition) is 4. The number of aryl methyl sites for hydroxylation is 1. The van der Waals surface area contributed by atoms with E-state index in [1.807, 2.05) is 25.1 Å². The molecule has 0 saturated carbocycles. The van der Waals surface area contributed by atoms with Gasteiger partial charge in [-0.3, -0.25) is 14.2 Å². The largest absolute Gasteiger partial charge is 0.293 e. The molecule has 1 heterocycles. The van der Waals surface area contributed by atoms with Crippen LogP contribution >= 0.6 is 11.8 Å². The Balaban J connectivity index is 2.13. The van der Waals surface area contributed by atoms with Crippen LogP contribution in [0.2, 0.25) is 0 Å². The Morgan fingerprint density at radius 1 is 1.30 bits per heavy atom. The van der Waals surface area contributed by atoms with Crippen molar-refractivity contribution in [1.82, 2.24) is 9.55 Å². The number of aromatic nitrogens is 2. The molecule has 0 aliphatic rings. The maximum atomic E-state index is 12.0. The molecule has 1 aromatic heterocycles. The molecule has 0 aliphatic heterocycles. The SMILES string of the molecule is CCc1cc(=O)n(C)c(SCC(=O)c2ccccc2)n1. The third-order valence-corrected chi connectivity index (χ3v) is 3.97. The minimum Gasteiger partial charge on any atom is -0.293 e. The number of rotatable bonds is 5. The minimum atomic E-state index is -0.0912. The summed E-state index contributed by atoms with van der Waals surface area (Å²) in [5.41, 5.74) is 1.34. The van der Waals surface area contributed by atoms with Gasteiger partial charge in [-0.25, -0.2) is 4.98 Å². The molecule has 104 valence electrons. The first-order valence-corrected chi connectivity index (χ1v) is 7.38. The number of ketones is 1. The van der Waals surface area contributed by atoms with Gasteiger partial charge in [-0.1, -0.05) is 49.0 Å². The monoisotopic (exact) mass is 288 g/mol. The van der Waals surface area contributed by atoms with Crippen LogP contribution in [-0.4, -0.2) is 21.1 Å². The first kappa shape index (κ1) is 14.5. The van der Waals surface area contributed by atoms with E-state index < -0.39 is 0 Å². The molecular formula is C15H16N2O2S. The first-order valence-electron chi connectivity index (χ1n) is 6.39. The highest BCUT2D eigenvalue weighted by Crippen LogP contribution is 2.16. The van der Waals surface area contributed by atoms with E-state index in [0.717, 1.165) is 5.69 Å². The first-order chi connectivity index (χ1) is 9.61. The number of thioether (sulfide) groups is 1. The Morgan fingerprint density at radius 2 is 2.00 bits per heavy atom. The second-order valence-corrected chi connectivity index (χ2v) is 5.30.